The second-order valence-electron chi connectivity index (χ2n) is 8.43. The third-order valence-electron chi connectivity index (χ3n) is 5.89. The van der Waals surface area contributed by atoms with Gasteiger partial charge in [0, 0.05) is 52.4 Å². The Morgan fingerprint density at radius 3 is 1.17 bits per heavy atom. The van der Waals surface area contributed by atoms with Crippen molar-refractivity contribution in [2.75, 3.05) is 78.5 Å². The molecule has 0 aliphatic carbocycles. The summed E-state index contributed by atoms with van der Waals surface area (Å²) >= 11 is 0. The highest BCUT2D eigenvalue weighted by Crippen LogP contribution is 2.11. The number of nitrogens with one attached hydrogen (secondary N) is 4. The van der Waals surface area contributed by atoms with Gasteiger partial charge in [-0.3, -0.25) is 9.80 Å². The molecular weight excluding hydrogens is 573 g/mol. The monoisotopic (exact) mass is 618 g/mol. The quantitative estimate of drug-likeness (QED) is 0.414. The molecule has 2 saturated heterocycles. The van der Waals surface area contributed by atoms with E-state index in [4.69, 9.17) is 0 Å². The first kappa shape index (κ1) is 42.8. The predicted molar refractivity (Wildman–Crippen MR) is 166 cm³/mol. The summed E-state index contributed by atoms with van der Waals surface area (Å²) in [5.41, 5.74) is 2.88. The number of benzene rings is 1. The molecule has 2 fully saturated rings. The summed E-state index contributed by atoms with van der Waals surface area (Å²) in [6.07, 6.45) is 3.67. The van der Waals surface area contributed by atoms with E-state index < -0.39 is 0 Å². The molecule has 3 rings (SSSR count). The topological polar surface area (TPSA) is 54.6 Å². The Labute approximate surface area is 250 Å². The van der Waals surface area contributed by atoms with E-state index in [1.54, 1.807) is 0 Å². The third kappa shape index (κ3) is 19.4. The summed E-state index contributed by atoms with van der Waals surface area (Å²) in [6.45, 7) is 15.6. The van der Waals surface area contributed by atoms with E-state index >= 15 is 0 Å². The molecule has 0 radical (unpaired) electrons. The molecule has 0 aromatic heterocycles. The van der Waals surface area contributed by atoms with Gasteiger partial charge in [-0.15, -0.1) is 74.4 Å². The molecule has 1 aromatic rings. The second-order valence-corrected chi connectivity index (χ2v) is 8.43. The van der Waals surface area contributed by atoms with Crippen LogP contribution in [0, 0.1) is 0 Å². The molecule has 35 heavy (non-hydrogen) atoms. The molecule has 212 valence electrons. The molecule has 2 aliphatic heterocycles. The van der Waals surface area contributed by atoms with Crippen molar-refractivity contribution in [3.63, 3.8) is 0 Å². The molecule has 2 aliphatic rings. The smallest absolute Gasteiger partial charge is 0.0234 e. The van der Waals surface area contributed by atoms with Crippen LogP contribution in [0.1, 0.15) is 30.4 Å². The lowest BCUT2D eigenvalue weighted by atomic mass is 10.1. The van der Waals surface area contributed by atoms with E-state index in [1.807, 2.05) is 0 Å². The first-order valence-electron chi connectivity index (χ1n) is 11.8. The number of halogens is 6. The van der Waals surface area contributed by atoms with Gasteiger partial charge in [0.05, 0.1) is 0 Å². The Bertz CT molecular complexity index is 536. The minimum absolute atomic E-state index is 0. The van der Waals surface area contributed by atoms with Gasteiger partial charge >= 0.3 is 0 Å². The van der Waals surface area contributed by atoms with Crippen molar-refractivity contribution in [2.24, 2.45) is 0 Å². The normalized spacial score (nSPS) is 18.7. The molecule has 0 bridgehead atoms. The van der Waals surface area contributed by atoms with E-state index in [-0.39, 0.29) is 74.4 Å². The number of rotatable bonds is 4. The highest BCUT2D eigenvalue weighted by Gasteiger charge is 2.10. The van der Waals surface area contributed by atoms with Crippen molar-refractivity contribution in [1.82, 2.24) is 31.1 Å². The highest BCUT2D eigenvalue weighted by atomic mass is 35.5. The van der Waals surface area contributed by atoms with Gasteiger partial charge in [-0.05, 0) is 69.7 Å². The molecule has 2 heterocycles. The van der Waals surface area contributed by atoms with Crippen LogP contribution in [0.5, 0.6) is 0 Å². The molecule has 4 N–H and O–H groups in total. The van der Waals surface area contributed by atoms with E-state index in [1.165, 1.54) is 36.9 Å². The van der Waals surface area contributed by atoms with E-state index in [2.05, 4.69) is 55.3 Å². The fourth-order valence-electron chi connectivity index (χ4n) is 4.15. The van der Waals surface area contributed by atoms with Crippen LogP contribution in [0.4, 0.5) is 0 Å². The zero-order valence-electron chi connectivity index (χ0n) is 20.7. The summed E-state index contributed by atoms with van der Waals surface area (Å²) in [4.78, 5) is 5.18. The minimum atomic E-state index is 0. The number of hydrogen-bond acceptors (Lipinski definition) is 6. The third-order valence-corrected chi connectivity index (χ3v) is 5.89. The molecule has 0 amide bonds. The van der Waals surface area contributed by atoms with Crippen LogP contribution in [-0.4, -0.2) is 88.3 Å². The second kappa shape index (κ2) is 27.7. The molecule has 0 atom stereocenters. The first-order chi connectivity index (χ1) is 14.4. The van der Waals surface area contributed by atoms with Gasteiger partial charge in [-0.2, -0.15) is 0 Å². The van der Waals surface area contributed by atoms with Crippen molar-refractivity contribution < 1.29 is 0 Å². The zero-order valence-corrected chi connectivity index (χ0v) is 25.6. The lowest BCUT2D eigenvalue weighted by Crippen LogP contribution is -2.36. The van der Waals surface area contributed by atoms with Crippen LogP contribution in [0.25, 0.3) is 0 Å². The molecule has 0 unspecified atom stereocenters. The number of nitrogens with zero attached hydrogens (tertiary/aromatic N) is 2. The van der Waals surface area contributed by atoms with Gasteiger partial charge in [0.2, 0.25) is 0 Å². The van der Waals surface area contributed by atoms with Crippen molar-refractivity contribution in [3.8, 4) is 0 Å². The van der Waals surface area contributed by atoms with Crippen LogP contribution >= 0.6 is 74.4 Å². The summed E-state index contributed by atoms with van der Waals surface area (Å²) in [6, 6.07) is 9.36. The van der Waals surface area contributed by atoms with Gasteiger partial charge in [0.1, 0.15) is 0 Å². The van der Waals surface area contributed by atoms with Crippen LogP contribution in [0.15, 0.2) is 24.3 Å². The maximum atomic E-state index is 3.61. The van der Waals surface area contributed by atoms with Gasteiger partial charge in [0.15, 0.2) is 0 Å². The fraction of sp³-hybridized carbons (Fsp3) is 0.739. The molecule has 12 heteroatoms. The van der Waals surface area contributed by atoms with Crippen molar-refractivity contribution in [2.45, 2.75) is 32.4 Å². The first-order valence-corrected chi connectivity index (χ1v) is 11.8. The van der Waals surface area contributed by atoms with Crippen molar-refractivity contribution in [3.05, 3.63) is 35.4 Å². The lowest BCUT2D eigenvalue weighted by molar-refractivity contribution is 0.259. The number of hydrogen-bond donors (Lipinski definition) is 4. The average Bonchev–Trinajstić information content (AvgIpc) is 3.01. The summed E-state index contributed by atoms with van der Waals surface area (Å²) < 4.78 is 0. The maximum absolute atomic E-state index is 3.61. The SMILES string of the molecule is Cl.Cl.Cl.Cl.Cl.Cl.c1cc(CN2CCCNCC2)ccc1CN1CCCNCCNCCCNCC1. The van der Waals surface area contributed by atoms with Crippen LogP contribution < -0.4 is 21.3 Å². The minimum Gasteiger partial charge on any atom is -0.315 e. The Balaban J connectivity index is -0.000000801. The fourth-order valence-corrected chi connectivity index (χ4v) is 4.15. The van der Waals surface area contributed by atoms with Crippen molar-refractivity contribution >= 4 is 74.4 Å². The Morgan fingerprint density at radius 1 is 0.429 bits per heavy atom. The standard InChI is InChI=1S/C23H42N6.6ClH/c1-8-24-12-13-25-10-2-16-28(18-14-26-9-1)20-22-4-6-23(7-5-22)21-29-17-3-11-27-15-19-29;;;;;;/h4-7,24-27H,1-3,8-21H2;6*1H. The summed E-state index contributed by atoms with van der Waals surface area (Å²) in [7, 11) is 0. The predicted octanol–water partition coefficient (Wildman–Crippen LogP) is 3.38. The Kier molecular flexibility index (Phi) is 33.9. The van der Waals surface area contributed by atoms with Crippen LogP contribution in [-0.2, 0) is 13.1 Å². The summed E-state index contributed by atoms with van der Waals surface area (Å²) in [5, 5.41) is 14.2. The van der Waals surface area contributed by atoms with E-state index in [0.29, 0.717) is 0 Å². The average molecular weight is 621 g/mol. The van der Waals surface area contributed by atoms with Gasteiger partial charge < -0.3 is 21.3 Å². The summed E-state index contributed by atoms with van der Waals surface area (Å²) in [5.74, 6) is 0. The van der Waals surface area contributed by atoms with Crippen LogP contribution in [0.3, 0.4) is 0 Å². The van der Waals surface area contributed by atoms with Gasteiger partial charge in [-0.1, -0.05) is 24.3 Å². The van der Waals surface area contributed by atoms with E-state index in [9.17, 15) is 0 Å². The molecular formula is C23H48Cl6N6. The maximum Gasteiger partial charge on any atom is 0.0234 e. The molecule has 0 spiro atoms. The highest BCUT2D eigenvalue weighted by molar-refractivity contribution is 5.86. The van der Waals surface area contributed by atoms with E-state index in [0.717, 1.165) is 85.1 Å². The largest absolute Gasteiger partial charge is 0.315 e. The molecule has 6 nitrogen and oxygen atoms in total. The lowest BCUT2D eigenvalue weighted by Gasteiger charge is -2.24. The Morgan fingerprint density at radius 2 is 0.771 bits per heavy atom. The van der Waals surface area contributed by atoms with Crippen molar-refractivity contribution in [1.29, 1.82) is 0 Å². The zero-order chi connectivity index (χ0) is 20.0. The van der Waals surface area contributed by atoms with Crippen LogP contribution in [0.2, 0.25) is 0 Å². The van der Waals surface area contributed by atoms with Gasteiger partial charge in [-0.25, -0.2) is 0 Å². The Hall–Kier alpha value is 0.720. The molecule has 1 aromatic carbocycles. The molecule has 0 saturated carbocycles. The van der Waals surface area contributed by atoms with Gasteiger partial charge in [0.25, 0.3) is 0 Å².